The van der Waals surface area contributed by atoms with Gasteiger partial charge in [0.15, 0.2) is 0 Å². The van der Waals surface area contributed by atoms with E-state index in [0.717, 1.165) is 22.4 Å². The van der Waals surface area contributed by atoms with Crippen LogP contribution in [0.15, 0.2) is 41.0 Å². The summed E-state index contributed by atoms with van der Waals surface area (Å²) in [7, 11) is 1.99. The van der Waals surface area contributed by atoms with Crippen molar-refractivity contribution >= 4 is 33.1 Å². The van der Waals surface area contributed by atoms with Gasteiger partial charge < -0.3 is 10.6 Å². The van der Waals surface area contributed by atoms with Crippen molar-refractivity contribution in [3.8, 4) is 0 Å². The molecule has 2 N–H and O–H groups in total. The molecule has 0 saturated carbocycles. The van der Waals surface area contributed by atoms with E-state index < -0.39 is 0 Å². The van der Waals surface area contributed by atoms with Crippen LogP contribution >= 0.6 is 15.9 Å². The molecule has 1 heterocycles. The van der Waals surface area contributed by atoms with Gasteiger partial charge in [-0.15, -0.1) is 0 Å². The lowest BCUT2D eigenvalue weighted by atomic mass is 10.1. The first-order valence-corrected chi connectivity index (χ1v) is 6.64. The van der Waals surface area contributed by atoms with E-state index in [2.05, 4.69) is 52.1 Å². The number of nitrogens with zero attached hydrogens (tertiary/aromatic N) is 2. The first-order valence-electron chi connectivity index (χ1n) is 5.85. The number of halogens is 1. The van der Waals surface area contributed by atoms with Gasteiger partial charge in [0.2, 0.25) is 0 Å². The molecule has 0 aliphatic heterocycles. The Hall–Kier alpha value is -1.55. The van der Waals surface area contributed by atoms with Gasteiger partial charge in [-0.05, 0) is 46.1 Å². The van der Waals surface area contributed by atoms with Gasteiger partial charge in [-0.3, -0.25) is 0 Å². The lowest BCUT2D eigenvalue weighted by Crippen LogP contribution is -2.12. The molecule has 94 valence electrons. The lowest BCUT2D eigenvalue weighted by Gasteiger charge is -2.20. The predicted octanol–water partition coefficient (Wildman–Crippen LogP) is 3.76. The number of nitrogen functional groups attached to an aromatic ring is 1. The van der Waals surface area contributed by atoms with Gasteiger partial charge in [-0.25, -0.2) is 4.98 Å². The number of aromatic nitrogens is 1. The maximum Gasteiger partial charge on any atom is 0.147 e. The predicted molar refractivity (Wildman–Crippen MR) is 80.2 cm³/mol. The Morgan fingerprint density at radius 1 is 1.28 bits per heavy atom. The second-order valence-corrected chi connectivity index (χ2v) is 5.01. The summed E-state index contributed by atoms with van der Waals surface area (Å²) in [5.74, 6) is 0.855. The second-order valence-electron chi connectivity index (χ2n) is 4.15. The van der Waals surface area contributed by atoms with Crippen molar-refractivity contribution < 1.29 is 0 Å². The van der Waals surface area contributed by atoms with Crippen molar-refractivity contribution in [2.75, 3.05) is 17.7 Å². The minimum atomic E-state index is 0.653. The Labute approximate surface area is 116 Å². The first-order chi connectivity index (χ1) is 8.61. The standard InChI is InChI=1S/C14H16BrN3/c1-3-10-4-6-12(7-5-10)18(2)14-13(15)8-11(16)9-17-14/h4-9H,3,16H2,1-2H3. The Morgan fingerprint density at radius 3 is 2.50 bits per heavy atom. The molecule has 0 radical (unpaired) electrons. The minimum absolute atomic E-state index is 0.653. The van der Waals surface area contributed by atoms with E-state index in [0.29, 0.717) is 5.69 Å². The number of pyridine rings is 1. The van der Waals surface area contributed by atoms with E-state index in [1.807, 2.05) is 18.0 Å². The molecule has 0 aliphatic rings. The zero-order valence-corrected chi connectivity index (χ0v) is 12.1. The summed E-state index contributed by atoms with van der Waals surface area (Å²) in [6.45, 7) is 2.15. The summed E-state index contributed by atoms with van der Waals surface area (Å²) in [4.78, 5) is 6.38. The molecule has 2 aromatic rings. The van der Waals surface area contributed by atoms with E-state index in [1.165, 1.54) is 5.56 Å². The fourth-order valence-electron chi connectivity index (χ4n) is 1.77. The number of rotatable bonds is 3. The van der Waals surface area contributed by atoms with E-state index in [1.54, 1.807) is 6.20 Å². The highest BCUT2D eigenvalue weighted by Gasteiger charge is 2.09. The van der Waals surface area contributed by atoms with Crippen LogP contribution in [-0.4, -0.2) is 12.0 Å². The van der Waals surface area contributed by atoms with Gasteiger partial charge in [-0.1, -0.05) is 19.1 Å². The third-order valence-corrected chi connectivity index (χ3v) is 3.48. The summed E-state index contributed by atoms with van der Waals surface area (Å²) >= 11 is 3.49. The maximum atomic E-state index is 5.69. The van der Waals surface area contributed by atoms with Crippen molar-refractivity contribution in [2.24, 2.45) is 0 Å². The zero-order valence-electron chi connectivity index (χ0n) is 10.5. The van der Waals surface area contributed by atoms with Gasteiger partial charge in [-0.2, -0.15) is 0 Å². The normalized spacial score (nSPS) is 10.4. The highest BCUT2D eigenvalue weighted by Crippen LogP contribution is 2.29. The van der Waals surface area contributed by atoms with Crippen molar-refractivity contribution in [1.29, 1.82) is 0 Å². The van der Waals surface area contributed by atoms with E-state index in [4.69, 9.17) is 5.73 Å². The Morgan fingerprint density at radius 2 is 1.94 bits per heavy atom. The van der Waals surface area contributed by atoms with Gasteiger partial charge in [0.05, 0.1) is 16.4 Å². The quantitative estimate of drug-likeness (QED) is 0.939. The molecule has 0 unspecified atom stereocenters. The third-order valence-electron chi connectivity index (χ3n) is 2.89. The lowest BCUT2D eigenvalue weighted by molar-refractivity contribution is 1.10. The number of aryl methyl sites for hydroxylation is 1. The van der Waals surface area contributed by atoms with Crippen LogP contribution in [0.4, 0.5) is 17.2 Å². The molecule has 0 fully saturated rings. The molecule has 0 aliphatic carbocycles. The molecule has 18 heavy (non-hydrogen) atoms. The monoisotopic (exact) mass is 305 g/mol. The summed E-state index contributed by atoms with van der Waals surface area (Å²) in [5, 5.41) is 0. The van der Waals surface area contributed by atoms with Crippen LogP contribution in [0.3, 0.4) is 0 Å². The Balaban J connectivity index is 2.31. The fraction of sp³-hybridized carbons (Fsp3) is 0.214. The van der Waals surface area contributed by atoms with E-state index >= 15 is 0 Å². The molecular weight excluding hydrogens is 290 g/mol. The SMILES string of the molecule is CCc1ccc(N(C)c2ncc(N)cc2Br)cc1. The third kappa shape index (κ3) is 2.64. The fourth-order valence-corrected chi connectivity index (χ4v) is 2.40. The molecular formula is C14H16BrN3. The molecule has 0 atom stereocenters. The number of hydrogen-bond donors (Lipinski definition) is 1. The maximum absolute atomic E-state index is 5.69. The van der Waals surface area contributed by atoms with Crippen molar-refractivity contribution in [2.45, 2.75) is 13.3 Å². The smallest absolute Gasteiger partial charge is 0.147 e. The average Bonchev–Trinajstić information content (AvgIpc) is 2.38. The van der Waals surface area contributed by atoms with Gasteiger partial charge >= 0.3 is 0 Å². The Bertz CT molecular complexity index is 537. The minimum Gasteiger partial charge on any atom is -0.397 e. The van der Waals surface area contributed by atoms with Crippen LogP contribution in [0.1, 0.15) is 12.5 Å². The molecule has 1 aromatic heterocycles. The second kappa shape index (κ2) is 5.40. The van der Waals surface area contributed by atoms with E-state index in [9.17, 15) is 0 Å². The number of benzene rings is 1. The molecule has 0 bridgehead atoms. The van der Waals surface area contributed by atoms with Crippen LogP contribution < -0.4 is 10.6 Å². The van der Waals surface area contributed by atoms with Crippen LogP contribution in [0.2, 0.25) is 0 Å². The van der Waals surface area contributed by atoms with Gasteiger partial charge in [0.1, 0.15) is 5.82 Å². The summed E-state index contributed by atoms with van der Waals surface area (Å²) in [6, 6.07) is 10.3. The summed E-state index contributed by atoms with van der Waals surface area (Å²) in [5.41, 5.74) is 8.78. The van der Waals surface area contributed by atoms with Crippen LogP contribution in [-0.2, 0) is 6.42 Å². The molecule has 1 aromatic carbocycles. The summed E-state index contributed by atoms with van der Waals surface area (Å²) < 4.78 is 0.893. The van der Waals surface area contributed by atoms with Crippen LogP contribution in [0, 0.1) is 0 Å². The Kier molecular flexibility index (Phi) is 3.87. The van der Waals surface area contributed by atoms with Gasteiger partial charge in [0.25, 0.3) is 0 Å². The van der Waals surface area contributed by atoms with Crippen LogP contribution in [0.5, 0.6) is 0 Å². The van der Waals surface area contributed by atoms with Gasteiger partial charge in [0, 0.05) is 12.7 Å². The first kappa shape index (κ1) is 12.9. The van der Waals surface area contributed by atoms with Crippen molar-refractivity contribution in [3.05, 3.63) is 46.6 Å². The highest BCUT2D eigenvalue weighted by atomic mass is 79.9. The number of nitrogens with two attached hydrogens (primary N) is 1. The van der Waals surface area contributed by atoms with E-state index in [-0.39, 0.29) is 0 Å². The molecule has 3 nitrogen and oxygen atoms in total. The number of anilines is 3. The largest absolute Gasteiger partial charge is 0.397 e. The molecule has 0 spiro atoms. The number of hydrogen-bond acceptors (Lipinski definition) is 3. The molecule has 0 saturated heterocycles. The molecule has 0 amide bonds. The average molecular weight is 306 g/mol. The molecule has 2 rings (SSSR count). The topological polar surface area (TPSA) is 42.2 Å². The molecule has 4 heteroatoms. The van der Waals surface area contributed by atoms with Crippen molar-refractivity contribution in [3.63, 3.8) is 0 Å². The summed E-state index contributed by atoms with van der Waals surface area (Å²) in [6.07, 6.45) is 2.71. The van der Waals surface area contributed by atoms with Crippen LogP contribution in [0.25, 0.3) is 0 Å². The highest BCUT2D eigenvalue weighted by molar-refractivity contribution is 9.10. The van der Waals surface area contributed by atoms with Crippen molar-refractivity contribution in [1.82, 2.24) is 4.98 Å². The zero-order chi connectivity index (χ0) is 13.1.